The summed E-state index contributed by atoms with van der Waals surface area (Å²) >= 11 is 0. The van der Waals surface area contributed by atoms with Crippen molar-refractivity contribution in [1.29, 1.82) is 0 Å². The fraction of sp³-hybridized carbons (Fsp3) is 0.412. The Morgan fingerprint density at radius 2 is 2.22 bits per heavy atom. The van der Waals surface area contributed by atoms with Crippen molar-refractivity contribution in [3.05, 3.63) is 47.8 Å². The summed E-state index contributed by atoms with van der Waals surface area (Å²) in [5, 5.41) is 16.9. The molecule has 1 fully saturated rings. The molecule has 0 spiro atoms. The quantitative estimate of drug-likeness (QED) is 0.853. The number of carboxylic acids is 1. The van der Waals surface area contributed by atoms with Crippen LogP contribution in [0.2, 0.25) is 0 Å². The molecule has 0 radical (unpaired) electrons. The van der Waals surface area contributed by atoms with Gasteiger partial charge in [0, 0.05) is 31.5 Å². The Kier molecular flexibility index (Phi) is 5.05. The summed E-state index contributed by atoms with van der Waals surface area (Å²) in [6.07, 6.45) is 4.03. The van der Waals surface area contributed by atoms with Gasteiger partial charge in [-0.3, -0.25) is 0 Å². The first-order valence-electron chi connectivity index (χ1n) is 7.90. The number of para-hydroxylation sites is 1. The predicted molar refractivity (Wildman–Crippen MR) is 85.8 cm³/mol. The Labute approximate surface area is 135 Å². The van der Waals surface area contributed by atoms with Gasteiger partial charge in [-0.25, -0.2) is 9.48 Å². The van der Waals surface area contributed by atoms with Crippen LogP contribution in [0, 0.1) is 5.92 Å². The van der Waals surface area contributed by atoms with Crippen LogP contribution in [0.25, 0.3) is 5.69 Å². The Morgan fingerprint density at radius 1 is 1.39 bits per heavy atom. The average Bonchev–Trinajstić information content (AvgIpc) is 3.01. The Hall–Kier alpha value is -2.18. The van der Waals surface area contributed by atoms with E-state index in [1.165, 1.54) is 0 Å². The minimum absolute atomic E-state index is 0.0984. The number of carboxylic acid groups (broad SMARTS) is 1. The molecule has 122 valence electrons. The van der Waals surface area contributed by atoms with Crippen molar-refractivity contribution < 1.29 is 14.6 Å². The van der Waals surface area contributed by atoms with Crippen molar-refractivity contribution in [3.8, 4) is 5.69 Å². The number of ether oxygens (including phenoxy) is 1. The van der Waals surface area contributed by atoms with Crippen molar-refractivity contribution in [2.45, 2.75) is 19.4 Å². The van der Waals surface area contributed by atoms with E-state index in [2.05, 4.69) is 10.4 Å². The maximum Gasteiger partial charge on any atom is 0.356 e. The molecule has 0 saturated carbocycles. The van der Waals surface area contributed by atoms with E-state index in [-0.39, 0.29) is 5.69 Å². The monoisotopic (exact) mass is 315 g/mol. The predicted octanol–water partition coefficient (Wildman–Crippen LogP) is 2.09. The summed E-state index contributed by atoms with van der Waals surface area (Å²) in [6.45, 7) is 2.95. The molecule has 1 aromatic heterocycles. The van der Waals surface area contributed by atoms with Crippen LogP contribution in [0.3, 0.4) is 0 Å². The molecule has 0 amide bonds. The molecule has 6 nitrogen and oxygen atoms in total. The molecule has 1 unspecified atom stereocenters. The lowest BCUT2D eigenvalue weighted by molar-refractivity contribution is 0.0547. The van der Waals surface area contributed by atoms with Crippen LogP contribution in [-0.2, 0) is 11.3 Å². The van der Waals surface area contributed by atoms with Gasteiger partial charge in [-0.05, 0) is 30.9 Å². The molecule has 2 aromatic rings. The number of nitrogens with one attached hydrogen (secondary N) is 1. The molecule has 2 N–H and O–H groups in total. The highest BCUT2D eigenvalue weighted by atomic mass is 16.5. The zero-order chi connectivity index (χ0) is 16.1. The number of benzene rings is 1. The van der Waals surface area contributed by atoms with Crippen molar-refractivity contribution in [1.82, 2.24) is 15.1 Å². The van der Waals surface area contributed by atoms with E-state index >= 15 is 0 Å². The normalized spacial score (nSPS) is 18.0. The smallest absolute Gasteiger partial charge is 0.356 e. The molecule has 1 aliphatic rings. The van der Waals surface area contributed by atoms with Gasteiger partial charge in [-0.15, -0.1) is 0 Å². The van der Waals surface area contributed by atoms with Gasteiger partial charge >= 0.3 is 5.97 Å². The standard InChI is InChI=1S/C17H21N3O3/c21-17(22)16-14(10-18-9-13-5-4-8-23-12-13)11-20(19-16)15-6-2-1-3-7-15/h1-3,6-7,11,13,18H,4-5,8-10,12H2,(H,21,22). The molecule has 1 aliphatic heterocycles. The van der Waals surface area contributed by atoms with Gasteiger partial charge in [0.05, 0.1) is 12.3 Å². The Balaban J connectivity index is 1.68. The highest BCUT2D eigenvalue weighted by Gasteiger charge is 2.18. The van der Waals surface area contributed by atoms with E-state index in [1.54, 1.807) is 10.9 Å². The molecular weight excluding hydrogens is 294 g/mol. The number of carbonyl (C=O) groups is 1. The first-order chi connectivity index (χ1) is 11.2. The molecule has 1 saturated heterocycles. The van der Waals surface area contributed by atoms with Crippen LogP contribution in [0.15, 0.2) is 36.5 Å². The fourth-order valence-electron chi connectivity index (χ4n) is 2.81. The maximum absolute atomic E-state index is 11.4. The topological polar surface area (TPSA) is 76.4 Å². The van der Waals surface area contributed by atoms with Crippen LogP contribution in [-0.4, -0.2) is 40.6 Å². The second kappa shape index (κ2) is 7.39. The number of hydrogen-bond donors (Lipinski definition) is 2. The largest absolute Gasteiger partial charge is 0.476 e. The number of hydrogen-bond acceptors (Lipinski definition) is 4. The molecule has 1 atom stereocenters. The molecular formula is C17H21N3O3. The highest BCUT2D eigenvalue weighted by molar-refractivity contribution is 5.87. The maximum atomic E-state index is 11.4. The Morgan fingerprint density at radius 3 is 2.91 bits per heavy atom. The van der Waals surface area contributed by atoms with Crippen LogP contribution < -0.4 is 5.32 Å². The zero-order valence-electron chi connectivity index (χ0n) is 12.9. The van der Waals surface area contributed by atoms with Gasteiger partial charge in [0.1, 0.15) is 0 Å². The fourth-order valence-corrected chi connectivity index (χ4v) is 2.81. The van der Waals surface area contributed by atoms with E-state index in [0.29, 0.717) is 18.0 Å². The van der Waals surface area contributed by atoms with Gasteiger partial charge in [0.2, 0.25) is 0 Å². The van der Waals surface area contributed by atoms with Gasteiger partial charge in [0.25, 0.3) is 0 Å². The minimum atomic E-state index is -1.00. The molecule has 0 aliphatic carbocycles. The third kappa shape index (κ3) is 3.97. The lowest BCUT2D eigenvalue weighted by Crippen LogP contribution is -2.29. The van der Waals surface area contributed by atoms with E-state index in [4.69, 9.17) is 4.74 Å². The molecule has 6 heteroatoms. The lowest BCUT2D eigenvalue weighted by atomic mass is 10.0. The van der Waals surface area contributed by atoms with Gasteiger partial charge in [0.15, 0.2) is 5.69 Å². The molecule has 1 aromatic carbocycles. The zero-order valence-corrected chi connectivity index (χ0v) is 12.9. The number of aromatic nitrogens is 2. The van der Waals surface area contributed by atoms with Crippen molar-refractivity contribution >= 4 is 5.97 Å². The van der Waals surface area contributed by atoms with Gasteiger partial charge < -0.3 is 15.2 Å². The summed E-state index contributed by atoms with van der Waals surface area (Å²) in [7, 11) is 0. The molecule has 3 rings (SSSR count). The Bertz CT molecular complexity index is 648. The van der Waals surface area contributed by atoms with Crippen LogP contribution >= 0.6 is 0 Å². The third-order valence-corrected chi connectivity index (χ3v) is 4.02. The second-order valence-corrected chi connectivity index (χ2v) is 5.80. The summed E-state index contributed by atoms with van der Waals surface area (Å²) in [5.41, 5.74) is 1.64. The first-order valence-corrected chi connectivity index (χ1v) is 7.90. The molecule has 0 bridgehead atoms. The van der Waals surface area contributed by atoms with Crippen LogP contribution in [0.1, 0.15) is 28.9 Å². The minimum Gasteiger partial charge on any atom is -0.476 e. The van der Waals surface area contributed by atoms with Crippen LogP contribution in [0.4, 0.5) is 0 Å². The van der Waals surface area contributed by atoms with Gasteiger partial charge in [-0.2, -0.15) is 5.10 Å². The first kappa shape index (κ1) is 15.7. The summed E-state index contributed by atoms with van der Waals surface area (Å²) in [4.78, 5) is 11.4. The SMILES string of the molecule is O=C(O)c1nn(-c2ccccc2)cc1CNCC1CCCOC1. The van der Waals surface area contributed by atoms with Crippen molar-refractivity contribution in [3.63, 3.8) is 0 Å². The van der Waals surface area contributed by atoms with E-state index in [9.17, 15) is 9.90 Å². The number of rotatable bonds is 6. The number of aromatic carboxylic acids is 1. The van der Waals surface area contributed by atoms with Crippen LogP contribution in [0.5, 0.6) is 0 Å². The van der Waals surface area contributed by atoms with E-state index in [0.717, 1.165) is 38.3 Å². The van der Waals surface area contributed by atoms with E-state index in [1.807, 2.05) is 30.3 Å². The second-order valence-electron chi connectivity index (χ2n) is 5.80. The highest BCUT2D eigenvalue weighted by Crippen LogP contribution is 2.15. The summed E-state index contributed by atoms with van der Waals surface area (Å²) < 4.78 is 7.07. The van der Waals surface area contributed by atoms with Crippen molar-refractivity contribution in [2.24, 2.45) is 5.92 Å². The van der Waals surface area contributed by atoms with E-state index < -0.39 is 5.97 Å². The van der Waals surface area contributed by atoms with Crippen molar-refractivity contribution in [2.75, 3.05) is 19.8 Å². The van der Waals surface area contributed by atoms with Gasteiger partial charge in [-0.1, -0.05) is 18.2 Å². The summed E-state index contributed by atoms with van der Waals surface area (Å²) in [6, 6.07) is 9.52. The number of nitrogens with zero attached hydrogens (tertiary/aromatic N) is 2. The third-order valence-electron chi connectivity index (χ3n) is 4.02. The summed E-state index contributed by atoms with van der Waals surface area (Å²) in [5.74, 6) is -0.501. The average molecular weight is 315 g/mol. The molecule has 23 heavy (non-hydrogen) atoms. The lowest BCUT2D eigenvalue weighted by Gasteiger charge is -2.22. The molecule has 2 heterocycles.